The highest BCUT2D eigenvalue weighted by Crippen LogP contribution is 2.34. The molecule has 31 heavy (non-hydrogen) atoms. The van der Waals surface area contributed by atoms with E-state index in [9.17, 15) is 14.4 Å². The predicted octanol–water partition coefficient (Wildman–Crippen LogP) is 5.89. The lowest BCUT2D eigenvalue weighted by molar-refractivity contribution is -0.144. The van der Waals surface area contributed by atoms with Gasteiger partial charge in [-0.1, -0.05) is 70.9 Å². The Labute approximate surface area is 185 Å². The summed E-state index contributed by atoms with van der Waals surface area (Å²) in [6.45, 7) is 8.89. The van der Waals surface area contributed by atoms with E-state index in [-0.39, 0.29) is 28.9 Å². The molecule has 0 saturated heterocycles. The van der Waals surface area contributed by atoms with Gasteiger partial charge in [-0.05, 0) is 41.9 Å². The molecule has 0 N–H and O–H groups in total. The van der Waals surface area contributed by atoms with Gasteiger partial charge in [0.1, 0.15) is 0 Å². The second-order valence-electron chi connectivity index (χ2n) is 9.27. The number of hydrogen-bond acceptors (Lipinski definition) is 4. The second-order valence-corrected chi connectivity index (χ2v) is 9.27. The van der Waals surface area contributed by atoms with E-state index in [1.165, 1.54) is 0 Å². The monoisotopic (exact) mass is 420 g/mol. The van der Waals surface area contributed by atoms with Gasteiger partial charge in [0.25, 0.3) is 0 Å². The molecule has 0 heterocycles. The molecular weight excluding hydrogens is 388 g/mol. The van der Waals surface area contributed by atoms with Crippen molar-refractivity contribution in [2.75, 3.05) is 6.61 Å². The van der Waals surface area contributed by atoms with Crippen LogP contribution in [0.3, 0.4) is 0 Å². The number of ketones is 2. The Hall–Kier alpha value is -2.75. The number of benzene rings is 2. The highest BCUT2D eigenvalue weighted by molar-refractivity contribution is 6.28. The number of esters is 1. The summed E-state index contributed by atoms with van der Waals surface area (Å²) in [6, 6.07) is 12.7. The number of ether oxygens (including phenoxy) is 1. The lowest BCUT2D eigenvalue weighted by atomic mass is 9.76. The Bertz CT molecular complexity index is 986. The van der Waals surface area contributed by atoms with Gasteiger partial charge < -0.3 is 4.74 Å². The van der Waals surface area contributed by atoms with Gasteiger partial charge in [-0.25, -0.2) is 0 Å². The molecule has 0 fully saturated rings. The summed E-state index contributed by atoms with van der Waals surface area (Å²) < 4.78 is 5.18. The summed E-state index contributed by atoms with van der Waals surface area (Å²) in [4.78, 5) is 37.6. The Balaban J connectivity index is 1.67. The van der Waals surface area contributed by atoms with Crippen LogP contribution in [-0.4, -0.2) is 24.1 Å². The lowest BCUT2D eigenvalue weighted by Gasteiger charge is -2.28. The second kappa shape index (κ2) is 9.59. The van der Waals surface area contributed by atoms with Crippen LogP contribution in [0.15, 0.2) is 42.5 Å². The Kier molecular flexibility index (Phi) is 7.09. The van der Waals surface area contributed by atoms with E-state index < -0.39 is 0 Å². The van der Waals surface area contributed by atoms with Crippen molar-refractivity contribution in [2.45, 2.75) is 65.2 Å². The predicted molar refractivity (Wildman–Crippen MR) is 122 cm³/mol. The van der Waals surface area contributed by atoms with E-state index in [2.05, 4.69) is 20.8 Å². The molecule has 4 heteroatoms. The van der Waals surface area contributed by atoms with Crippen molar-refractivity contribution >= 4 is 17.5 Å². The van der Waals surface area contributed by atoms with Crippen LogP contribution in [0.2, 0.25) is 0 Å². The topological polar surface area (TPSA) is 60.4 Å². The summed E-state index contributed by atoms with van der Waals surface area (Å²) in [5, 5.41) is 0. The molecule has 0 spiro atoms. The molecule has 2 aromatic carbocycles. The third-order valence-corrected chi connectivity index (χ3v) is 6.19. The van der Waals surface area contributed by atoms with Gasteiger partial charge in [0.05, 0.1) is 6.61 Å². The number of hydrogen-bond donors (Lipinski definition) is 0. The van der Waals surface area contributed by atoms with Gasteiger partial charge in [0.2, 0.25) is 0 Å². The van der Waals surface area contributed by atoms with E-state index >= 15 is 0 Å². The van der Waals surface area contributed by atoms with E-state index in [4.69, 9.17) is 4.74 Å². The fraction of sp³-hybridized carbons (Fsp3) is 0.444. The third kappa shape index (κ3) is 5.12. The van der Waals surface area contributed by atoms with Crippen molar-refractivity contribution in [1.29, 1.82) is 0 Å². The summed E-state index contributed by atoms with van der Waals surface area (Å²) in [5.41, 5.74) is 2.88. The first-order valence-electron chi connectivity index (χ1n) is 11.2. The molecule has 1 aliphatic rings. The van der Waals surface area contributed by atoms with E-state index in [1.807, 2.05) is 19.1 Å². The number of fused-ring (bicyclic) bond motifs is 2. The first kappa shape index (κ1) is 22.9. The normalized spacial score (nSPS) is 14.1. The molecule has 0 bridgehead atoms. The van der Waals surface area contributed by atoms with Crippen molar-refractivity contribution in [1.82, 2.24) is 0 Å². The molecule has 4 nitrogen and oxygen atoms in total. The van der Waals surface area contributed by atoms with Crippen LogP contribution in [0.1, 0.15) is 97.2 Å². The quantitative estimate of drug-likeness (QED) is 0.405. The maximum absolute atomic E-state index is 13.0. The molecular formula is C27H32O4. The van der Waals surface area contributed by atoms with Gasteiger partial charge in [0, 0.05) is 28.7 Å². The SMILES string of the molecule is CCCOC(=O)CC(C)CCCC(C)(C)c1ccc2c(c1)C(=O)c1ccccc1C2=O. The zero-order valence-electron chi connectivity index (χ0n) is 19.0. The first-order valence-corrected chi connectivity index (χ1v) is 11.2. The summed E-state index contributed by atoms with van der Waals surface area (Å²) in [7, 11) is 0. The fourth-order valence-corrected chi connectivity index (χ4v) is 4.22. The van der Waals surface area contributed by atoms with Gasteiger partial charge in [0.15, 0.2) is 11.6 Å². The minimum absolute atomic E-state index is 0.0814. The molecule has 164 valence electrons. The Morgan fingerprint density at radius 2 is 1.58 bits per heavy atom. The summed E-state index contributed by atoms with van der Waals surface area (Å²) >= 11 is 0. The smallest absolute Gasteiger partial charge is 0.306 e. The number of carbonyl (C=O) groups is 3. The Morgan fingerprint density at radius 3 is 2.23 bits per heavy atom. The average Bonchev–Trinajstić information content (AvgIpc) is 2.75. The molecule has 2 aromatic rings. The molecule has 1 atom stereocenters. The zero-order chi connectivity index (χ0) is 22.6. The van der Waals surface area contributed by atoms with Crippen LogP contribution < -0.4 is 0 Å². The minimum Gasteiger partial charge on any atom is -0.466 e. The van der Waals surface area contributed by atoms with Crippen LogP contribution in [0.25, 0.3) is 0 Å². The number of carbonyl (C=O) groups excluding carboxylic acids is 3. The van der Waals surface area contributed by atoms with Crippen molar-refractivity contribution in [2.24, 2.45) is 5.92 Å². The fourth-order valence-electron chi connectivity index (χ4n) is 4.22. The lowest BCUT2D eigenvalue weighted by Crippen LogP contribution is -2.23. The van der Waals surface area contributed by atoms with Gasteiger partial charge in [-0.15, -0.1) is 0 Å². The average molecular weight is 421 g/mol. The van der Waals surface area contributed by atoms with Crippen LogP contribution in [0, 0.1) is 5.92 Å². The van der Waals surface area contributed by atoms with Gasteiger partial charge in [-0.3, -0.25) is 14.4 Å². The van der Waals surface area contributed by atoms with Gasteiger partial charge in [-0.2, -0.15) is 0 Å². The maximum atomic E-state index is 13.0. The molecule has 0 radical (unpaired) electrons. The molecule has 3 rings (SSSR count). The van der Waals surface area contributed by atoms with Crippen molar-refractivity contribution in [3.63, 3.8) is 0 Å². The van der Waals surface area contributed by atoms with Gasteiger partial charge >= 0.3 is 5.97 Å². The van der Waals surface area contributed by atoms with Crippen LogP contribution in [0.4, 0.5) is 0 Å². The van der Waals surface area contributed by atoms with Crippen LogP contribution in [0.5, 0.6) is 0 Å². The highest BCUT2D eigenvalue weighted by atomic mass is 16.5. The third-order valence-electron chi connectivity index (χ3n) is 6.19. The summed E-state index contributed by atoms with van der Waals surface area (Å²) in [6.07, 6.45) is 4.14. The summed E-state index contributed by atoms with van der Waals surface area (Å²) in [5.74, 6) is -0.00782. The maximum Gasteiger partial charge on any atom is 0.306 e. The van der Waals surface area contributed by atoms with E-state index in [1.54, 1.807) is 30.3 Å². The first-order chi connectivity index (χ1) is 14.7. The largest absolute Gasteiger partial charge is 0.466 e. The molecule has 0 saturated carbocycles. The molecule has 1 aliphatic carbocycles. The van der Waals surface area contributed by atoms with Crippen LogP contribution >= 0.6 is 0 Å². The molecule has 0 aliphatic heterocycles. The number of rotatable bonds is 9. The molecule has 0 aromatic heterocycles. The Morgan fingerprint density at radius 1 is 0.968 bits per heavy atom. The molecule has 1 unspecified atom stereocenters. The standard InChI is InChI=1S/C27H32O4/c1-5-15-31-24(28)16-18(2)9-8-14-27(3,4)19-12-13-22-23(17-19)26(30)21-11-7-6-10-20(21)25(22)29/h6-7,10-13,17-18H,5,8-9,14-16H2,1-4H3. The van der Waals surface area contributed by atoms with Crippen molar-refractivity contribution < 1.29 is 19.1 Å². The van der Waals surface area contributed by atoms with E-state index in [0.717, 1.165) is 31.2 Å². The molecule has 0 amide bonds. The minimum atomic E-state index is -0.141. The van der Waals surface area contributed by atoms with E-state index in [0.29, 0.717) is 35.3 Å². The van der Waals surface area contributed by atoms with Crippen molar-refractivity contribution in [3.8, 4) is 0 Å². The highest BCUT2D eigenvalue weighted by Gasteiger charge is 2.31. The van der Waals surface area contributed by atoms with Crippen molar-refractivity contribution in [3.05, 3.63) is 70.3 Å². The van der Waals surface area contributed by atoms with Crippen LogP contribution in [-0.2, 0) is 14.9 Å². The zero-order valence-corrected chi connectivity index (χ0v) is 19.0.